The normalized spacial score (nSPS) is 12.4. The summed E-state index contributed by atoms with van der Waals surface area (Å²) in [4.78, 5) is 14.0. The van der Waals surface area contributed by atoms with Crippen LogP contribution in [0.15, 0.2) is 46.9 Å². The first-order chi connectivity index (χ1) is 12.0. The standard InChI is InChI=1S/C18H15FN2O3S/c1-11-3-8-15(25-11)9-10-16(22)23-12(2)17-20-21-18(24-17)13-4-6-14(19)7-5-13/h3-10,12H,1-2H3/b10-9+/t12-/m0/s1. The number of thiophene rings is 1. The first-order valence-electron chi connectivity index (χ1n) is 7.56. The average Bonchev–Trinajstić information content (AvgIpc) is 3.23. The van der Waals surface area contributed by atoms with E-state index >= 15 is 0 Å². The summed E-state index contributed by atoms with van der Waals surface area (Å²) < 4.78 is 23.7. The van der Waals surface area contributed by atoms with E-state index in [4.69, 9.17) is 9.15 Å². The highest BCUT2D eigenvalue weighted by Gasteiger charge is 2.18. The maximum Gasteiger partial charge on any atom is 0.331 e. The molecule has 128 valence electrons. The number of halogens is 1. The Morgan fingerprint density at radius 3 is 2.68 bits per heavy atom. The number of rotatable bonds is 5. The van der Waals surface area contributed by atoms with Gasteiger partial charge in [-0.05, 0) is 56.3 Å². The van der Waals surface area contributed by atoms with Crippen molar-refractivity contribution >= 4 is 23.4 Å². The highest BCUT2D eigenvalue weighted by atomic mass is 32.1. The van der Waals surface area contributed by atoms with E-state index < -0.39 is 12.1 Å². The van der Waals surface area contributed by atoms with Gasteiger partial charge in [0.2, 0.25) is 5.89 Å². The average molecular weight is 358 g/mol. The van der Waals surface area contributed by atoms with E-state index in [-0.39, 0.29) is 17.6 Å². The van der Waals surface area contributed by atoms with E-state index in [1.165, 1.54) is 35.2 Å². The predicted octanol–water partition coefficient (Wildman–Crippen LogP) is 4.56. The topological polar surface area (TPSA) is 65.2 Å². The summed E-state index contributed by atoms with van der Waals surface area (Å²) in [7, 11) is 0. The third-order valence-corrected chi connectivity index (χ3v) is 4.28. The zero-order valence-electron chi connectivity index (χ0n) is 13.6. The van der Waals surface area contributed by atoms with Crippen LogP contribution in [0.2, 0.25) is 0 Å². The molecule has 0 unspecified atom stereocenters. The van der Waals surface area contributed by atoms with Gasteiger partial charge in [0.25, 0.3) is 5.89 Å². The Balaban J connectivity index is 1.63. The van der Waals surface area contributed by atoms with Crippen LogP contribution in [0.3, 0.4) is 0 Å². The van der Waals surface area contributed by atoms with E-state index in [1.54, 1.807) is 24.3 Å². The number of esters is 1. The van der Waals surface area contributed by atoms with Crippen molar-refractivity contribution < 1.29 is 18.3 Å². The van der Waals surface area contributed by atoms with Crippen molar-refractivity contribution in [2.24, 2.45) is 0 Å². The van der Waals surface area contributed by atoms with Crippen LogP contribution in [0, 0.1) is 12.7 Å². The number of hydrogen-bond acceptors (Lipinski definition) is 6. The van der Waals surface area contributed by atoms with Gasteiger partial charge in [0, 0.05) is 21.4 Å². The van der Waals surface area contributed by atoms with Gasteiger partial charge < -0.3 is 9.15 Å². The first-order valence-corrected chi connectivity index (χ1v) is 8.37. The lowest BCUT2D eigenvalue weighted by atomic mass is 10.2. The SMILES string of the molecule is Cc1ccc(/C=C/C(=O)O[C@@H](C)c2nnc(-c3ccc(F)cc3)o2)s1. The van der Waals surface area contributed by atoms with Gasteiger partial charge >= 0.3 is 5.97 Å². The van der Waals surface area contributed by atoms with Crippen molar-refractivity contribution in [3.05, 3.63) is 63.9 Å². The molecule has 0 N–H and O–H groups in total. The molecule has 0 fully saturated rings. The lowest BCUT2D eigenvalue weighted by Gasteiger charge is -2.06. The molecule has 3 rings (SSSR count). The first kappa shape index (κ1) is 17.0. The Hall–Kier alpha value is -2.80. The van der Waals surface area contributed by atoms with E-state index in [1.807, 2.05) is 19.1 Å². The molecule has 0 amide bonds. The molecule has 2 aromatic heterocycles. The molecule has 0 aliphatic carbocycles. The van der Waals surface area contributed by atoms with Crippen LogP contribution in [0.4, 0.5) is 4.39 Å². The van der Waals surface area contributed by atoms with E-state index in [2.05, 4.69) is 10.2 Å². The number of benzene rings is 1. The zero-order chi connectivity index (χ0) is 17.8. The zero-order valence-corrected chi connectivity index (χ0v) is 14.4. The van der Waals surface area contributed by atoms with Crippen molar-refractivity contribution in [3.63, 3.8) is 0 Å². The Morgan fingerprint density at radius 1 is 1.24 bits per heavy atom. The number of hydrogen-bond donors (Lipinski definition) is 0. The lowest BCUT2D eigenvalue weighted by Crippen LogP contribution is -2.06. The second-order valence-corrected chi connectivity index (χ2v) is 6.63. The van der Waals surface area contributed by atoms with E-state index in [0.717, 1.165) is 4.88 Å². The minimum atomic E-state index is -0.691. The van der Waals surface area contributed by atoms with Crippen LogP contribution >= 0.6 is 11.3 Å². The number of aromatic nitrogens is 2. The Labute approximate surface area is 147 Å². The summed E-state index contributed by atoms with van der Waals surface area (Å²) in [6.45, 7) is 3.64. The Kier molecular flexibility index (Phi) is 5.04. The van der Waals surface area contributed by atoms with E-state index in [9.17, 15) is 9.18 Å². The predicted molar refractivity (Wildman–Crippen MR) is 92.3 cm³/mol. The molecule has 0 saturated heterocycles. The largest absolute Gasteiger partial charge is 0.449 e. The van der Waals surface area contributed by atoms with Crippen molar-refractivity contribution in [1.82, 2.24) is 10.2 Å². The maximum atomic E-state index is 12.9. The van der Waals surface area contributed by atoms with Crippen molar-refractivity contribution in [2.45, 2.75) is 20.0 Å². The van der Waals surface area contributed by atoms with Gasteiger partial charge in [-0.1, -0.05) is 0 Å². The van der Waals surface area contributed by atoms with Gasteiger partial charge in [-0.2, -0.15) is 0 Å². The molecular formula is C18H15FN2O3S. The summed E-state index contributed by atoms with van der Waals surface area (Å²) in [5, 5.41) is 7.77. The summed E-state index contributed by atoms with van der Waals surface area (Å²) in [5.41, 5.74) is 0.589. The minimum Gasteiger partial charge on any atom is -0.449 e. The fourth-order valence-electron chi connectivity index (χ4n) is 2.07. The van der Waals surface area contributed by atoms with Gasteiger partial charge in [-0.15, -0.1) is 21.5 Å². The van der Waals surface area contributed by atoms with Gasteiger partial charge in [0.1, 0.15) is 5.82 Å². The molecule has 2 heterocycles. The highest BCUT2D eigenvalue weighted by Crippen LogP contribution is 2.23. The fourth-order valence-corrected chi connectivity index (χ4v) is 2.85. The molecular weight excluding hydrogens is 343 g/mol. The molecule has 0 bridgehead atoms. The van der Waals surface area contributed by atoms with Crippen LogP contribution in [-0.4, -0.2) is 16.2 Å². The number of carbonyl (C=O) groups excluding carboxylic acids is 1. The number of nitrogens with zero attached hydrogens (tertiary/aromatic N) is 2. The van der Waals surface area contributed by atoms with Gasteiger partial charge in [-0.3, -0.25) is 0 Å². The summed E-state index contributed by atoms with van der Waals surface area (Å²) >= 11 is 1.58. The second-order valence-electron chi connectivity index (χ2n) is 5.31. The molecule has 25 heavy (non-hydrogen) atoms. The van der Waals surface area contributed by atoms with Crippen molar-refractivity contribution in [2.75, 3.05) is 0 Å². The van der Waals surface area contributed by atoms with Crippen LogP contribution in [0.5, 0.6) is 0 Å². The molecule has 0 saturated carbocycles. The van der Waals surface area contributed by atoms with Crippen LogP contribution in [-0.2, 0) is 9.53 Å². The molecule has 1 atom stereocenters. The fraction of sp³-hybridized carbons (Fsp3) is 0.167. The van der Waals surface area contributed by atoms with Crippen LogP contribution in [0.25, 0.3) is 17.5 Å². The molecule has 0 aliphatic rings. The summed E-state index contributed by atoms with van der Waals surface area (Å²) in [5.74, 6) is -0.436. The Morgan fingerprint density at radius 2 is 2.00 bits per heavy atom. The lowest BCUT2D eigenvalue weighted by molar-refractivity contribution is -0.143. The quantitative estimate of drug-likeness (QED) is 0.494. The van der Waals surface area contributed by atoms with E-state index in [0.29, 0.717) is 5.56 Å². The minimum absolute atomic E-state index is 0.174. The van der Waals surface area contributed by atoms with Crippen LogP contribution < -0.4 is 0 Å². The molecule has 3 aromatic rings. The summed E-state index contributed by atoms with van der Waals surface area (Å²) in [6.07, 6.45) is 2.37. The van der Waals surface area contributed by atoms with Gasteiger partial charge in [0.15, 0.2) is 6.10 Å². The van der Waals surface area contributed by atoms with Gasteiger partial charge in [0.05, 0.1) is 0 Å². The van der Waals surface area contributed by atoms with Crippen molar-refractivity contribution in [1.29, 1.82) is 0 Å². The molecule has 0 aliphatic heterocycles. The number of aryl methyl sites for hydroxylation is 1. The summed E-state index contributed by atoms with van der Waals surface area (Å²) in [6, 6.07) is 9.59. The number of carbonyl (C=O) groups is 1. The Bertz CT molecular complexity index is 899. The monoisotopic (exact) mass is 358 g/mol. The third-order valence-electron chi connectivity index (χ3n) is 3.32. The molecule has 1 aromatic carbocycles. The molecule has 7 heteroatoms. The molecule has 0 radical (unpaired) electrons. The molecule has 5 nitrogen and oxygen atoms in total. The van der Waals surface area contributed by atoms with Gasteiger partial charge in [-0.25, -0.2) is 9.18 Å². The second kappa shape index (κ2) is 7.40. The third kappa shape index (κ3) is 4.39. The number of ether oxygens (including phenoxy) is 1. The van der Waals surface area contributed by atoms with Crippen molar-refractivity contribution in [3.8, 4) is 11.5 Å². The van der Waals surface area contributed by atoms with Crippen LogP contribution in [0.1, 0.15) is 28.7 Å². The smallest absolute Gasteiger partial charge is 0.331 e. The highest BCUT2D eigenvalue weighted by molar-refractivity contribution is 7.12. The maximum absolute atomic E-state index is 12.9. The molecule has 0 spiro atoms.